The molecule has 0 saturated carbocycles. The number of methoxy groups -OCH3 is 2. The van der Waals surface area contributed by atoms with Gasteiger partial charge in [0, 0.05) is 11.8 Å². The third-order valence-electron chi connectivity index (χ3n) is 2.45. The molecule has 0 aliphatic rings. The van der Waals surface area contributed by atoms with Gasteiger partial charge in [-0.05, 0) is 12.1 Å². The fourth-order valence-electron chi connectivity index (χ4n) is 1.55. The third kappa shape index (κ3) is 2.65. The maximum Gasteiger partial charge on any atom is 0.204 e. The highest BCUT2D eigenvalue weighted by Crippen LogP contribution is 2.30. The minimum absolute atomic E-state index is 0.131. The zero-order valence-corrected chi connectivity index (χ0v) is 10.5. The van der Waals surface area contributed by atoms with Gasteiger partial charge >= 0.3 is 0 Å². The molecule has 7 heteroatoms. The van der Waals surface area contributed by atoms with Gasteiger partial charge in [0.2, 0.25) is 5.75 Å². The summed E-state index contributed by atoms with van der Waals surface area (Å²) in [6.07, 6.45) is 1.31. The molecular formula is C12H13FN4O2. The number of nitrogen functional groups attached to an aromatic ring is 1. The normalized spacial score (nSPS) is 10.1. The van der Waals surface area contributed by atoms with Crippen LogP contribution in [0.1, 0.15) is 0 Å². The molecule has 2 rings (SSSR count). The van der Waals surface area contributed by atoms with Crippen LogP contribution in [0.5, 0.6) is 11.5 Å². The summed E-state index contributed by atoms with van der Waals surface area (Å²) in [4.78, 5) is 7.84. The molecule has 0 amide bonds. The Labute approximate surface area is 109 Å². The predicted octanol–water partition coefficient (Wildman–Crippen LogP) is 1.96. The molecule has 0 fully saturated rings. The number of nitrogens with one attached hydrogen (secondary N) is 1. The average Bonchev–Trinajstić information content (AvgIpc) is 2.41. The highest BCUT2D eigenvalue weighted by molar-refractivity contribution is 5.68. The highest BCUT2D eigenvalue weighted by Gasteiger charge is 2.11. The van der Waals surface area contributed by atoms with Gasteiger partial charge in [0.25, 0.3) is 0 Å². The maximum atomic E-state index is 13.3. The van der Waals surface area contributed by atoms with Crippen molar-refractivity contribution >= 4 is 17.3 Å². The number of benzene rings is 1. The van der Waals surface area contributed by atoms with Crippen LogP contribution in [-0.2, 0) is 0 Å². The number of aromatic nitrogens is 2. The lowest BCUT2D eigenvalue weighted by Crippen LogP contribution is -2.03. The molecule has 0 atom stereocenters. The Kier molecular flexibility index (Phi) is 3.65. The Morgan fingerprint density at radius 2 is 2.00 bits per heavy atom. The number of anilines is 3. The molecule has 0 unspecified atom stereocenters. The molecule has 1 aromatic heterocycles. The molecule has 0 saturated heterocycles. The predicted molar refractivity (Wildman–Crippen MR) is 69.2 cm³/mol. The number of rotatable bonds is 4. The summed E-state index contributed by atoms with van der Waals surface area (Å²) in [5.74, 6) is 0.622. The number of hydrogen-bond acceptors (Lipinski definition) is 6. The summed E-state index contributed by atoms with van der Waals surface area (Å²) in [7, 11) is 2.86. The third-order valence-corrected chi connectivity index (χ3v) is 2.45. The van der Waals surface area contributed by atoms with E-state index in [2.05, 4.69) is 15.3 Å². The summed E-state index contributed by atoms with van der Waals surface area (Å²) in [6.45, 7) is 0. The second-order valence-corrected chi connectivity index (χ2v) is 3.62. The monoisotopic (exact) mass is 264 g/mol. The van der Waals surface area contributed by atoms with Crippen molar-refractivity contribution in [3.05, 3.63) is 30.3 Å². The van der Waals surface area contributed by atoms with Gasteiger partial charge in [-0.1, -0.05) is 0 Å². The second-order valence-electron chi connectivity index (χ2n) is 3.62. The minimum Gasteiger partial charge on any atom is -0.494 e. The van der Waals surface area contributed by atoms with Gasteiger partial charge in [-0.2, -0.15) is 0 Å². The molecular weight excluding hydrogens is 251 g/mol. The van der Waals surface area contributed by atoms with Gasteiger partial charge in [0.15, 0.2) is 23.2 Å². The van der Waals surface area contributed by atoms with Gasteiger partial charge in [-0.15, -0.1) is 0 Å². The van der Waals surface area contributed by atoms with Crippen molar-refractivity contribution in [2.75, 3.05) is 25.3 Å². The van der Waals surface area contributed by atoms with Crippen molar-refractivity contribution in [2.24, 2.45) is 0 Å². The number of nitrogens with two attached hydrogens (primary N) is 1. The van der Waals surface area contributed by atoms with E-state index in [4.69, 9.17) is 15.2 Å². The molecule has 3 N–H and O–H groups in total. The van der Waals surface area contributed by atoms with Crippen molar-refractivity contribution in [1.29, 1.82) is 0 Å². The van der Waals surface area contributed by atoms with Crippen LogP contribution in [0.2, 0.25) is 0 Å². The number of hydrogen-bond donors (Lipinski definition) is 2. The van der Waals surface area contributed by atoms with E-state index in [0.29, 0.717) is 17.3 Å². The molecule has 2 aromatic rings. The van der Waals surface area contributed by atoms with E-state index >= 15 is 0 Å². The Morgan fingerprint density at radius 3 is 2.68 bits per heavy atom. The number of ether oxygens (including phenoxy) is 2. The lowest BCUT2D eigenvalue weighted by atomic mass is 10.3. The number of halogens is 1. The van der Waals surface area contributed by atoms with E-state index < -0.39 is 5.82 Å². The molecule has 6 nitrogen and oxygen atoms in total. The SMILES string of the molecule is COc1cc(Nc2ncnc(N)c2OC)ccc1F. The van der Waals surface area contributed by atoms with E-state index in [1.54, 1.807) is 6.07 Å². The Morgan fingerprint density at radius 1 is 1.21 bits per heavy atom. The molecule has 19 heavy (non-hydrogen) atoms. The molecule has 0 radical (unpaired) electrons. The van der Waals surface area contributed by atoms with Crippen LogP contribution in [-0.4, -0.2) is 24.2 Å². The molecule has 0 spiro atoms. The minimum atomic E-state index is -0.442. The molecule has 0 aliphatic carbocycles. The molecule has 1 aromatic carbocycles. The maximum absolute atomic E-state index is 13.3. The number of nitrogens with zero attached hydrogens (tertiary/aromatic N) is 2. The van der Waals surface area contributed by atoms with Crippen molar-refractivity contribution < 1.29 is 13.9 Å². The molecule has 0 bridgehead atoms. The van der Waals surface area contributed by atoms with Crippen LogP contribution in [0.15, 0.2) is 24.5 Å². The summed E-state index contributed by atoms with van der Waals surface area (Å²) in [5, 5.41) is 2.96. The van der Waals surface area contributed by atoms with Crippen LogP contribution in [0.3, 0.4) is 0 Å². The lowest BCUT2D eigenvalue weighted by molar-refractivity contribution is 0.387. The van der Waals surface area contributed by atoms with E-state index in [0.717, 1.165) is 0 Å². The van der Waals surface area contributed by atoms with Gasteiger partial charge in [0.1, 0.15) is 6.33 Å². The zero-order chi connectivity index (χ0) is 13.8. The topological polar surface area (TPSA) is 82.3 Å². The van der Waals surface area contributed by atoms with Crippen molar-refractivity contribution in [3.63, 3.8) is 0 Å². The van der Waals surface area contributed by atoms with Crippen LogP contribution < -0.4 is 20.5 Å². The summed E-state index contributed by atoms with van der Waals surface area (Å²) >= 11 is 0. The summed E-state index contributed by atoms with van der Waals surface area (Å²) in [5.41, 5.74) is 6.26. The van der Waals surface area contributed by atoms with E-state index in [9.17, 15) is 4.39 Å². The van der Waals surface area contributed by atoms with E-state index in [1.165, 1.54) is 32.7 Å². The highest BCUT2D eigenvalue weighted by atomic mass is 19.1. The fourth-order valence-corrected chi connectivity index (χ4v) is 1.55. The zero-order valence-electron chi connectivity index (χ0n) is 10.5. The summed E-state index contributed by atoms with van der Waals surface area (Å²) in [6, 6.07) is 4.35. The van der Waals surface area contributed by atoms with Gasteiger partial charge in [-0.3, -0.25) is 0 Å². The van der Waals surface area contributed by atoms with Crippen LogP contribution >= 0.6 is 0 Å². The fraction of sp³-hybridized carbons (Fsp3) is 0.167. The second kappa shape index (κ2) is 5.38. The first kappa shape index (κ1) is 12.9. The standard InChI is InChI=1S/C12H13FN4O2/c1-18-9-5-7(3-4-8(9)13)17-12-10(19-2)11(14)15-6-16-12/h3-6H,1-2H3,(H3,14,15,16,17). The van der Waals surface area contributed by atoms with Crippen molar-refractivity contribution in [1.82, 2.24) is 9.97 Å². The quantitative estimate of drug-likeness (QED) is 0.878. The van der Waals surface area contributed by atoms with E-state index in [1.807, 2.05) is 0 Å². The Hall–Kier alpha value is -2.57. The van der Waals surface area contributed by atoms with E-state index in [-0.39, 0.29) is 11.6 Å². The van der Waals surface area contributed by atoms with Gasteiger partial charge in [0.05, 0.1) is 14.2 Å². The Bertz CT molecular complexity index is 592. The molecule has 100 valence electrons. The van der Waals surface area contributed by atoms with Gasteiger partial charge < -0.3 is 20.5 Å². The first-order valence-corrected chi connectivity index (χ1v) is 5.40. The molecule has 1 heterocycles. The lowest BCUT2D eigenvalue weighted by Gasteiger charge is -2.12. The van der Waals surface area contributed by atoms with Gasteiger partial charge in [-0.25, -0.2) is 14.4 Å². The first-order chi connectivity index (χ1) is 9.15. The molecule has 0 aliphatic heterocycles. The largest absolute Gasteiger partial charge is 0.494 e. The van der Waals surface area contributed by atoms with Crippen molar-refractivity contribution in [3.8, 4) is 11.5 Å². The smallest absolute Gasteiger partial charge is 0.204 e. The van der Waals surface area contributed by atoms with Crippen LogP contribution in [0.25, 0.3) is 0 Å². The van der Waals surface area contributed by atoms with Crippen LogP contribution in [0, 0.1) is 5.82 Å². The average molecular weight is 264 g/mol. The van der Waals surface area contributed by atoms with Crippen molar-refractivity contribution in [2.45, 2.75) is 0 Å². The first-order valence-electron chi connectivity index (χ1n) is 5.40. The Balaban J connectivity index is 2.33. The van der Waals surface area contributed by atoms with Crippen LogP contribution in [0.4, 0.5) is 21.7 Å². The summed E-state index contributed by atoms with van der Waals surface area (Å²) < 4.78 is 23.3.